The van der Waals surface area contributed by atoms with Crippen LogP contribution in [0.25, 0.3) is 11.3 Å². The highest BCUT2D eigenvalue weighted by molar-refractivity contribution is 6.30. The lowest BCUT2D eigenvalue weighted by atomic mass is 10.2. The topological polar surface area (TPSA) is 25.2 Å². The first-order valence-electron chi connectivity index (χ1n) is 4.79. The van der Waals surface area contributed by atoms with Gasteiger partial charge in [-0.1, -0.05) is 11.6 Å². The molecular weight excluding hydrogens is 245 g/mol. The first-order chi connectivity index (χ1) is 7.29. The standard InChI is InChI=1S/C12H12ClNO.ClH/c1-14-8-11-6-7-12(15-11)9-2-4-10(13)5-3-9;/h2-7,14H,8H2,1H3;1H/p-1. The van der Waals surface area contributed by atoms with Crippen LogP contribution in [0.2, 0.25) is 5.02 Å². The fourth-order valence-electron chi connectivity index (χ4n) is 1.42. The summed E-state index contributed by atoms with van der Waals surface area (Å²) in [6.45, 7) is 0.744. The SMILES string of the molecule is CNCc1ccc(-c2ccc(Cl)cc2)o1.[Cl-]. The van der Waals surface area contributed by atoms with Crippen molar-refractivity contribution in [3.05, 3.63) is 47.2 Å². The minimum atomic E-state index is 0. The van der Waals surface area contributed by atoms with Gasteiger partial charge in [-0.25, -0.2) is 0 Å². The summed E-state index contributed by atoms with van der Waals surface area (Å²) in [6.07, 6.45) is 0. The first-order valence-corrected chi connectivity index (χ1v) is 5.16. The second kappa shape index (κ2) is 5.94. The lowest BCUT2D eigenvalue weighted by molar-refractivity contribution is -0.00000355. The molecule has 0 amide bonds. The van der Waals surface area contributed by atoms with Gasteiger partial charge in [-0.3, -0.25) is 0 Å². The number of furan rings is 1. The van der Waals surface area contributed by atoms with Crippen molar-refractivity contribution in [2.24, 2.45) is 0 Å². The summed E-state index contributed by atoms with van der Waals surface area (Å²) in [6, 6.07) is 11.6. The summed E-state index contributed by atoms with van der Waals surface area (Å²) < 4.78 is 5.64. The minimum absolute atomic E-state index is 0. The Balaban J connectivity index is 0.00000128. The van der Waals surface area contributed by atoms with Crippen LogP contribution in [0.4, 0.5) is 0 Å². The molecule has 0 saturated heterocycles. The van der Waals surface area contributed by atoms with E-state index in [-0.39, 0.29) is 12.4 Å². The summed E-state index contributed by atoms with van der Waals surface area (Å²) in [7, 11) is 1.89. The van der Waals surface area contributed by atoms with Gasteiger partial charge in [-0.2, -0.15) is 0 Å². The molecule has 86 valence electrons. The number of nitrogens with one attached hydrogen (secondary N) is 1. The summed E-state index contributed by atoms with van der Waals surface area (Å²) in [5.41, 5.74) is 1.04. The zero-order chi connectivity index (χ0) is 10.7. The molecule has 0 spiro atoms. The smallest absolute Gasteiger partial charge is 0.134 e. The maximum Gasteiger partial charge on any atom is 0.134 e. The lowest BCUT2D eigenvalue weighted by Gasteiger charge is -1.97. The molecule has 2 rings (SSSR count). The van der Waals surface area contributed by atoms with Crippen LogP contribution in [0.1, 0.15) is 5.76 Å². The van der Waals surface area contributed by atoms with Gasteiger partial charge >= 0.3 is 0 Å². The van der Waals surface area contributed by atoms with Crippen LogP contribution in [0.3, 0.4) is 0 Å². The first kappa shape index (κ1) is 13.1. The molecule has 0 aliphatic rings. The molecule has 0 unspecified atom stereocenters. The number of halogens is 2. The van der Waals surface area contributed by atoms with E-state index in [2.05, 4.69) is 5.32 Å². The molecule has 16 heavy (non-hydrogen) atoms. The molecule has 0 bridgehead atoms. The molecule has 1 aromatic heterocycles. The molecule has 1 aromatic carbocycles. The highest BCUT2D eigenvalue weighted by atomic mass is 35.5. The normalized spacial score (nSPS) is 9.88. The molecule has 0 atom stereocenters. The van der Waals surface area contributed by atoms with E-state index < -0.39 is 0 Å². The molecule has 0 aliphatic carbocycles. The maximum atomic E-state index is 5.81. The fraction of sp³-hybridized carbons (Fsp3) is 0.167. The zero-order valence-corrected chi connectivity index (χ0v) is 10.3. The number of rotatable bonds is 3. The van der Waals surface area contributed by atoms with Gasteiger partial charge in [0.25, 0.3) is 0 Å². The average Bonchev–Trinajstić information content (AvgIpc) is 2.68. The second-order valence-electron chi connectivity index (χ2n) is 3.30. The third-order valence-electron chi connectivity index (χ3n) is 2.14. The van der Waals surface area contributed by atoms with Crippen molar-refractivity contribution in [3.8, 4) is 11.3 Å². The third kappa shape index (κ3) is 3.01. The second-order valence-corrected chi connectivity index (χ2v) is 3.74. The summed E-state index contributed by atoms with van der Waals surface area (Å²) >= 11 is 5.81. The van der Waals surface area contributed by atoms with Crippen LogP contribution in [-0.2, 0) is 6.54 Å². The fourth-order valence-corrected chi connectivity index (χ4v) is 1.54. The van der Waals surface area contributed by atoms with Crippen molar-refractivity contribution in [1.29, 1.82) is 0 Å². The van der Waals surface area contributed by atoms with E-state index in [0.717, 1.165) is 28.7 Å². The van der Waals surface area contributed by atoms with E-state index in [9.17, 15) is 0 Å². The van der Waals surface area contributed by atoms with Crippen LogP contribution < -0.4 is 17.7 Å². The molecule has 0 aliphatic heterocycles. The summed E-state index contributed by atoms with van der Waals surface area (Å²) in [5.74, 6) is 1.80. The van der Waals surface area contributed by atoms with Crippen molar-refractivity contribution in [2.45, 2.75) is 6.54 Å². The Hall–Kier alpha value is -0.960. The van der Waals surface area contributed by atoms with E-state index in [1.165, 1.54) is 0 Å². The van der Waals surface area contributed by atoms with Gasteiger partial charge < -0.3 is 22.1 Å². The number of hydrogen-bond acceptors (Lipinski definition) is 2. The highest BCUT2D eigenvalue weighted by Crippen LogP contribution is 2.23. The van der Waals surface area contributed by atoms with Crippen LogP contribution in [0.15, 0.2) is 40.8 Å². The Morgan fingerprint density at radius 2 is 1.81 bits per heavy atom. The predicted molar refractivity (Wildman–Crippen MR) is 61.9 cm³/mol. The number of hydrogen-bond donors (Lipinski definition) is 1. The number of benzene rings is 1. The zero-order valence-electron chi connectivity index (χ0n) is 8.84. The van der Waals surface area contributed by atoms with Crippen LogP contribution in [0.5, 0.6) is 0 Å². The van der Waals surface area contributed by atoms with E-state index >= 15 is 0 Å². The van der Waals surface area contributed by atoms with E-state index in [4.69, 9.17) is 16.0 Å². The van der Waals surface area contributed by atoms with Crippen molar-refractivity contribution in [2.75, 3.05) is 7.05 Å². The molecule has 4 heteroatoms. The Bertz CT molecular complexity index is 437. The van der Waals surface area contributed by atoms with Gasteiger partial charge in [0.15, 0.2) is 0 Å². The van der Waals surface area contributed by atoms with Gasteiger partial charge in [0, 0.05) is 10.6 Å². The monoisotopic (exact) mass is 256 g/mol. The van der Waals surface area contributed by atoms with Crippen molar-refractivity contribution in [1.82, 2.24) is 5.32 Å². The summed E-state index contributed by atoms with van der Waals surface area (Å²) in [5, 5.41) is 3.78. The molecule has 0 radical (unpaired) electrons. The Kier molecular flexibility index (Phi) is 4.87. The molecule has 1 N–H and O–H groups in total. The molecular formula is C12H12Cl2NO-. The predicted octanol–water partition coefficient (Wildman–Crippen LogP) is 0.323. The molecule has 2 aromatic rings. The Morgan fingerprint density at radius 3 is 2.44 bits per heavy atom. The molecule has 1 heterocycles. The van der Waals surface area contributed by atoms with Crippen molar-refractivity contribution < 1.29 is 16.8 Å². The van der Waals surface area contributed by atoms with E-state index in [0.29, 0.717) is 0 Å². The van der Waals surface area contributed by atoms with E-state index in [1.54, 1.807) is 0 Å². The van der Waals surface area contributed by atoms with E-state index in [1.807, 2.05) is 43.4 Å². The van der Waals surface area contributed by atoms with Gasteiger partial charge in [-0.15, -0.1) is 0 Å². The van der Waals surface area contributed by atoms with Gasteiger partial charge in [0.2, 0.25) is 0 Å². The van der Waals surface area contributed by atoms with Crippen molar-refractivity contribution in [3.63, 3.8) is 0 Å². The molecule has 0 saturated carbocycles. The quantitative estimate of drug-likeness (QED) is 0.857. The third-order valence-corrected chi connectivity index (χ3v) is 2.39. The van der Waals surface area contributed by atoms with Crippen molar-refractivity contribution >= 4 is 11.6 Å². The summed E-state index contributed by atoms with van der Waals surface area (Å²) in [4.78, 5) is 0. The Labute approximate surface area is 106 Å². The molecule has 2 nitrogen and oxygen atoms in total. The average molecular weight is 257 g/mol. The van der Waals surface area contributed by atoms with Crippen LogP contribution in [0, 0.1) is 0 Å². The van der Waals surface area contributed by atoms with Gasteiger partial charge in [0.1, 0.15) is 11.5 Å². The molecule has 0 fully saturated rings. The van der Waals surface area contributed by atoms with Gasteiger partial charge in [-0.05, 0) is 43.4 Å². The maximum absolute atomic E-state index is 5.81. The highest BCUT2D eigenvalue weighted by Gasteiger charge is 2.03. The van der Waals surface area contributed by atoms with Crippen LogP contribution >= 0.6 is 11.6 Å². The minimum Gasteiger partial charge on any atom is -1.00 e. The Morgan fingerprint density at radius 1 is 1.12 bits per heavy atom. The van der Waals surface area contributed by atoms with Gasteiger partial charge in [0.05, 0.1) is 6.54 Å². The lowest BCUT2D eigenvalue weighted by Crippen LogP contribution is -3.00. The largest absolute Gasteiger partial charge is 1.00 e. The van der Waals surface area contributed by atoms with Crippen LogP contribution in [-0.4, -0.2) is 7.05 Å².